The number of aliphatic carboxylic acids is 2. The molecule has 15 nitrogen and oxygen atoms in total. The van der Waals surface area contributed by atoms with Crippen molar-refractivity contribution in [1.29, 1.82) is 0 Å². The normalized spacial score (nSPS) is 23.0. The number of carboxylic acid groups (broad SMARTS) is 3. The molecule has 1 aromatic carbocycles. The van der Waals surface area contributed by atoms with Gasteiger partial charge in [-0.05, 0) is 75.8 Å². The highest BCUT2D eigenvalue weighted by atomic mass is 32.2. The average molecular weight is 778 g/mol. The first-order chi connectivity index (χ1) is 24.0. The lowest BCUT2D eigenvalue weighted by atomic mass is 9.81. The Morgan fingerprint density at radius 2 is 1.33 bits per heavy atom. The summed E-state index contributed by atoms with van der Waals surface area (Å²) in [6.07, 6.45) is -6.36. The molecule has 2 atom stereocenters. The summed E-state index contributed by atoms with van der Waals surface area (Å²) < 4.78 is 89.5. The third kappa shape index (κ3) is 12.9. The first kappa shape index (κ1) is 44.1. The molecule has 0 aromatic heterocycles. The molecule has 52 heavy (non-hydrogen) atoms. The van der Waals surface area contributed by atoms with Crippen molar-refractivity contribution in [3.05, 3.63) is 29.8 Å². The highest BCUT2D eigenvalue weighted by Gasteiger charge is 2.45. The zero-order valence-corrected chi connectivity index (χ0v) is 28.7. The van der Waals surface area contributed by atoms with Gasteiger partial charge < -0.3 is 31.3 Å². The molecule has 2 amide bonds. The summed E-state index contributed by atoms with van der Waals surface area (Å²) in [5.41, 5.74) is 6.42. The van der Waals surface area contributed by atoms with Crippen molar-refractivity contribution in [2.45, 2.75) is 63.5 Å². The number of halogens is 6. The Kier molecular flexibility index (Phi) is 15.8. The Morgan fingerprint density at radius 1 is 0.846 bits per heavy atom. The largest absolute Gasteiger partial charge is 0.490 e. The number of likely N-dealkylation sites (tertiary alicyclic amines) is 1. The fraction of sp³-hybridized carbons (Fsp3) is 0.633. The van der Waals surface area contributed by atoms with Crippen LogP contribution in [0.3, 0.4) is 0 Å². The highest BCUT2D eigenvalue weighted by molar-refractivity contribution is 7.89. The number of hydrogen-bond donors (Lipinski definition) is 5. The molecular formula is C30H41F6N5O10S. The smallest absolute Gasteiger partial charge is 0.478 e. The number of nitrogens with zero attached hydrogens (tertiary/aromatic N) is 3. The van der Waals surface area contributed by atoms with Crippen LogP contribution in [-0.4, -0.2) is 137 Å². The van der Waals surface area contributed by atoms with E-state index in [4.69, 9.17) is 30.6 Å². The summed E-state index contributed by atoms with van der Waals surface area (Å²) in [6, 6.07) is 5.24. The van der Waals surface area contributed by atoms with Crippen molar-refractivity contribution in [3.63, 3.8) is 0 Å². The number of hydrogen-bond acceptors (Lipinski definition) is 9. The van der Waals surface area contributed by atoms with Crippen molar-refractivity contribution < 1.29 is 74.1 Å². The number of nitrogens with two attached hydrogens (primary N) is 1. The van der Waals surface area contributed by atoms with Crippen molar-refractivity contribution in [2.24, 2.45) is 17.6 Å². The quantitative estimate of drug-likeness (QED) is 0.240. The van der Waals surface area contributed by atoms with Gasteiger partial charge in [0.05, 0.1) is 11.3 Å². The minimum Gasteiger partial charge on any atom is -0.478 e. The molecule has 0 unspecified atom stereocenters. The lowest BCUT2D eigenvalue weighted by Gasteiger charge is -2.37. The number of carbonyl (C=O) groups excluding carboxylic acids is 2. The van der Waals surface area contributed by atoms with E-state index in [9.17, 15) is 49.1 Å². The number of benzene rings is 1. The van der Waals surface area contributed by atoms with Crippen LogP contribution in [0.5, 0.6) is 0 Å². The number of alkyl halides is 6. The maximum atomic E-state index is 13.7. The lowest BCUT2D eigenvalue weighted by Crippen LogP contribution is -2.53. The molecule has 0 radical (unpaired) electrons. The van der Waals surface area contributed by atoms with E-state index in [-0.39, 0.29) is 35.1 Å². The number of amides is 2. The van der Waals surface area contributed by atoms with Crippen LogP contribution >= 0.6 is 0 Å². The summed E-state index contributed by atoms with van der Waals surface area (Å²) in [5, 5.41) is 26.2. The minimum atomic E-state index is -5.08. The summed E-state index contributed by atoms with van der Waals surface area (Å²) in [6.45, 7) is 4.59. The molecule has 1 saturated carbocycles. The van der Waals surface area contributed by atoms with Gasteiger partial charge in [-0.25, -0.2) is 22.8 Å². The summed E-state index contributed by atoms with van der Waals surface area (Å²) in [5.74, 6) is -6.49. The molecule has 2 aliphatic heterocycles. The minimum absolute atomic E-state index is 0.00320. The molecule has 2 saturated heterocycles. The van der Waals surface area contributed by atoms with Crippen LogP contribution in [0, 0.1) is 11.8 Å². The molecule has 1 aliphatic carbocycles. The van der Waals surface area contributed by atoms with E-state index in [0.29, 0.717) is 57.3 Å². The van der Waals surface area contributed by atoms with E-state index in [1.807, 2.05) is 0 Å². The molecule has 22 heteroatoms. The number of nitrogens with one attached hydrogen (secondary N) is 1. The van der Waals surface area contributed by atoms with E-state index in [0.717, 1.165) is 25.7 Å². The van der Waals surface area contributed by atoms with E-state index in [1.165, 1.54) is 16.4 Å². The Bertz CT molecular complexity index is 1490. The Labute approximate surface area is 294 Å². The number of rotatable bonds is 8. The van der Waals surface area contributed by atoms with Gasteiger partial charge in [-0.15, -0.1) is 0 Å². The van der Waals surface area contributed by atoms with Crippen LogP contribution in [0.1, 0.15) is 49.4 Å². The third-order valence-electron chi connectivity index (χ3n) is 8.83. The van der Waals surface area contributed by atoms with Gasteiger partial charge in [-0.2, -0.15) is 30.6 Å². The molecule has 2 heterocycles. The molecule has 0 bridgehead atoms. The highest BCUT2D eigenvalue weighted by Crippen LogP contribution is 2.33. The molecule has 0 spiro atoms. The first-order valence-electron chi connectivity index (χ1n) is 16.0. The van der Waals surface area contributed by atoms with Gasteiger partial charge >= 0.3 is 30.3 Å². The van der Waals surface area contributed by atoms with Gasteiger partial charge in [0.25, 0.3) is 0 Å². The Hall–Kier alpha value is -4.02. The molecule has 1 aromatic rings. The molecule has 294 valence electrons. The summed E-state index contributed by atoms with van der Waals surface area (Å²) in [7, 11) is -3.25. The van der Waals surface area contributed by atoms with Crippen LogP contribution < -0.4 is 11.1 Å². The van der Waals surface area contributed by atoms with Crippen LogP contribution in [0.2, 0.25) is 0 Å². The Balaban J connectivity index is 0.000000564. The molecule has 6 N–H and O–H groups in total. The maximum absolute atomic E-state index is 13.7. The van der Waals surface area contributed by atoms with Crippen LogP contribution in [0.4, 0.5) is 32.0 Å². The number of aromatic carboxylic acids is 1. The third-order valence-corrected chi connectivity index (χ3v) is 10.7. The average Bonchev–Trinajstić information content (AvgIpc) is 3.54. The fourth-order valence-corrected chi connectivity index (χ4v) is 6.99. The fourth-order valence-electron chi connectivity index (χ4n) is 5.90. The van der Waals surface area contributed by atoms with E-state index >= 15 is 0 Å². The van der Waals surface area contributed by atoms with E-state index in [1.54, 1.807) is 24.0 Å². The van der Waals surface area contributed by atoms with Gasteiger partial charge in [-0.1, -0.05) is 0 Å². The number of carbonyl (C=O) groups is 5. The number of carboxylic acids is 3. The van der Waals surface area contributed by atoms with E-state index in [2.05, 4.69) is 10.2 Å². The lowest BCUT2D eigenvalue weighted by molar-refractivity contribution is -0.193. The summed E-state index contributed by atoms with van der Waals surface area (Å²) >= 11 is 0. The number of anilines is 1. The number of sulfonamides is 1. The van der Waals surface area contributed by atoms with Gasteiger partial charge in [0.2, 0.25) is 21.8 Å². The zero-order chi connectivity index (χ0) is 39.6. The molecule has 3 aliphatic rings. The molecular weight excluding hydrogens is 736 g/mol. The van der Waals surface area contributed by atoms with Crippen LogP contribution in [0.15, 0.2) is 24.3 Å². The molecule has 4 rings (SSSR count). The zero-order valence-electron chi connectivity index (χ0n) is 27.9. The van der Waals surface area contributed by atoms with Crippen molar-refractivity contribution in [2.75, 3.05) is 50.3 Å². The first-order valence-corrected chi connectivity index (χ1v) is 17.6. The topological polar surface area (TPSA) is 228 Å². The van der Waals surface area contributed by atoms with E-state index < -0.39 is 46.3 Å². The van der Waals surface area contributed by atoms with Gasteiger partial charge in [0.15, 0.2) is 0 Å². The SMILES string of the molecule is CCS(=O)(=O)N1CCN([C@H]2C[C@@H](C(=O)Nc3ccc(C(=O)O)cc3)N(C(=O)C3CCC(CN)CC3)C2)CC1.O=C(O)C(F)(F)F.O=C(O)C(F)(F)F. The summed E-state index contributed by atoms with van der Waals surface area (Å²) in [4.78, 5) is 60.0. The standard InChI is InChI=1S/C26H39N5O6S.2C2HF3O2/c1-2-38(36,37)30-13-11-29(12-14-30)22-15-23(24(32)28-21-9-7-20(8-10-21)26(34)35)31(17-22)25(33)19-5-3-18(16-27)4-6-19;2*3-2(4,5)1(6)7/h7-10,18-19,22-23H,2-6,11-17,27H2,1H3,(H,28,32)(H,34,35);2*(H,6,7)/t18?,19?,22-,23-;;/m0../s1. The monoisotopic (exact) mass is 777 g/mol. The van der Waals surface area contributed by atoms with Gasteiger partial charge in [-0.3, -0.25) is 14.5 Å². The Morgan fingerprint density at radius 3 is 1.73 bits per heavy atom. The maximum Gasteiger partial charge on any atom is 0.490 e. The van der Waals surface area contributed by atoms with Crippen molar-refractivity contribution in [1.82, 2.24) is 14.1 Å². The van der Waals surface area contributed by atoms with Crippen molar-refractivity contribution >= 4 is 45.4 Å². The second kappa shape index (κ2) is 18.6. The second-order valence-electron chi connectivity index (χ2n) is 12.2. The van der Waals surface area contributed by atoms with Crippen molar-refractivity contribution in [3.8, 4) is 0 Å². The van der Waals surface area contributed by atoms with Crippen LogP contribution in [0.25, 0.3) is 0 Å². The predicted octanol–water partition coefficient (Wildman–Crippen LogP) is 2.29. The van der Waals surface area contributed by atoms with Gasteiger partial charge in [0, 0.05) is 50.4 Å². The van der Waals surface area contributed by atoms with Gasteiger partial charge in [0.1, 0.15) is 6.04 Å². The molecule has 3 fully saturated rings. The van der Waals surface area contributed by atoms with Crippen LogP contribution in [-0.2, 0) is 29.2 Å². The second-order valence-corrected chi connectivity index (χ2v) is 14.4. The predicted molar refractivity (Wildman–Crippen MR) is 170 cm³/mol. The number of piperazine rings is 1.